The first-order valence-electron chi connectivity index (χ1n) is 7.16. The number of nitro groups is 1. The molecule has 7 nitrogen and oxygen atoms in total. The molecule has 0 aliphatic heterocycles. The lowest BCUT2D eigenvalue weighted by atomic mass is 10.1. The predicted octanol–water partition coefficient (Wildman–Crippen LogP) is 2.87. The molecule has 0 spiro atoms. The highest BCUT2D eigenvalue weighted by atomic mass is 79.9. The van der Waals surface area contributed by atoms with Crippen LogP contribution in [0.3, 0.4) is 0 Å². The number of nitrogens with one attached hydrogen (secondary N) is 2. The number of benzene rings is 2. The second-order valence-corrected chi connectivity index (χ2v) is 5.87. The van der Waals surface area contributed by atoms with E-state index in [0.717, 1.165) is 4.47 Å². The lowest BCUT2D eigenvalue weighted by molar-refractivity contribution is -0.384. The zero-order valence-electron chi connectivity index (χ0n) is 13.2. The fourth-order valence-corrected chi connectivity index (χ4v) is 2.25. The molecule has 2 aromatic carbocycles. The van der Waals surface area contributed by atoms with Crippen LogP contribution in [0.15, 0.2) is 58.7 Å². The number of non-ortho nitro benzene ring substituents is 1. The summed E-state index contributed by atoms with van der Waals surface area (Å²) < 4.78 is 0.822. The van der Waals surface area contributed by atoms with E-state index in [2.05, 4.69) is 26.6 Å². The largest absolute Gasteiger partial charge is 0.354 e. The number of hydrogen-bond acceptors (Lipinski definition) is 4. The van der Waals surface area contributed by atoms with Crippen molar-refractivity contribution in [3.05, 3.63) is 79.9 Å². The molecule has 0 saturated carbocycles. The van der Waals surface area contributed by atoms with Gasteiger partial charge in [0.15, 0.2) is 0 Å². The fraction of sp³-hybridized carbons (Fsp3) is 0.0588. The Balaban J connectivity index is 2.31. The molecule has 0 atom stereocenters. The maximum atomic E-state index is 12.3. The summed E-state index contributed by atoms with van der Waals surface area (Å²) in [4.78, 5) is 34.6. The maximum Gasteiger partial charge on any atom is 0.270 e. The second-order valence-electron chi connectivity index (χ2n) is 4.95. The molecule has 2 aromatic rings. The Morgan fingerprint density at radius 3 is 2.44 bits per heavy atom. The quantitative estimate of drug-likeness (QED) is 0.455. The minimum Gasteiger partial charge on any atom is -0.354 e. The van der Waals surface area contributed by atoms with Crippen molar-refractivity contribution in [2.24, 2.45) is 0 Å². The van der Waals surface area contributed by atoms with Crippen molar-refractivity contribution in [3.8, 4) is 0 Å². The molecule has 0 heterocycles. The predicted molar refractivity (Wildman–Crippen MR) is 96.7 cm³/mol. The molecule has 2 N–H and O–H groups in total. The fourth-order valence-electron chi connectivity index (χ4n) is 1.98. The van der Waals surface area contributed by atoms with Crippen LogP contribution in [0.2, 0.25) is 0 Å². The Morgan fingerprint density at radius 1 is 1.16 bits per heavy atom. The van der Waals surface area contributed by atoms with Crippen molar-refractivity contribution in [1.82, 2.24) is 10.6 Å². The molecular weight excluding hydrogens is 390 g/mol. The van der Waals surface area contributed by atoms with E-state index < -0.39 is 16.7 Å². The lowest BCUT2D eigenvalue weighted by Gasteiger charge is -2.09. The number of hydrogen-bond donors (Lipinski definition) is 2. The molecule has 0 bridgehead atoms. The highest BCUT2D eigenvalue weighted by molar-refractivity contribution is 9.10. The van der Waals surface area contributed by atoms with Gasteiger partial charge in [0.2, 0.25) is 0 Å². The standard InChI is InChI=1S/C17H14BrN3O4/c1-19-17(23)15(10-11-3-2-4-14(9-11)21(24)25)20-16(22)12-5-7-13(18)8-6-12/h2-10H,1H3,(H,19,23)(H,20,22). The van der Waals surface area contributed by atoms with E-state index >= 15 is 0 Å². The van der Waals surface area contributed by atoms with Gasteiger partial charge < -0.3 is 10.6 Å². The first-order chi connectivity index (χ1) is 11.9. The van der Waals surface area contributed by atoms with Gasteiger partial charge in [-0.1, -0.05) is 28.1 Å². The molecule has 0 aliphatic carbocycles. The molecule has 0 unspecified atom stereocenters. The molecule has 0 aromatic heterocycles. The molecule has 2 rings (SSSR count). The molecule has 128 valence electrons. The molecule has 8 heteroatoms. The summed E-state index contributed by atoms with van der Waals surface area (Å²) in [5.41, 5.74) is 0.668. The van der Waals surface area contributed by atoms with Gasteiger partial charge in [-0.25, -0.2) is 0 Å². The monoisotopic (exact) mass is 403 g/mol. The van der Waals surface area contributed by atoms with E-state index in [1.807, 2.05) is 0 Å². The van der Waals surface area contributed by atoms with Gasteiger partial charge in [0, 0.05) is 29.2 Å². The zero-order chi connectivity index (χ0) is 18.4. The van der Waals surface area contributed by atoms with Gasteiger partial charge in [0.25, 0.3) is 17.5 Å². The van der Waals surface area contributed by atoms with E-state index in [0.29, 0.717) is 11.1 Å². The number of nitrogens with zero attached hydrogens (tertiary/aromatic N) is 1. The van der Waals surface area contributed by atoms with Crippen molar-refractivity contribution in [2.75, 3.05) is 7.05 Å². The molecule has 0 fully saturated rings. The van der Waals surface area contributed by atoms with Crippen LogP contribution < -0.4 is 10.6 Å². The van der Waals surface area contributed by atoms with E-state index in [-0.39, 0.29) is 11.4 Å². The summed E-state index contributed by atoms with van der Waals surface area (Å²) in [6, 6.07) is 12.4. The van der Waals surface area contributed by atoms with E-state index in [9.17, 15) is 19.7 Å². The van der Waals surface area contributed by atoms with Crippen LogP contribution in [-0.2, 0) is 4.79 Å². The lowest BCUT2D eigenvalue weighted by Crippen LogP contribution is -2.33. The van der Waals surface area contributed by atoms with E-state index in [1.54, 1.807) is 30.3 Å². The Labute approximate surface area is 152 Å². The van der Waals surface area contributed by atoms with Crippen LogP contribution in [-0.4, -0.2) is 23.8 Å². The number of rotatable bonds is 5. The number of halogens is 1. The van der Waals surface area contributed by atoms with Crippen molar-refractivity contribution < 1.29 is 14.5 Å². The van der Waals surface area contributed by atoms with Gasteiger partial charge in [-0.2, -0.15) is 0 Å². The highest BCUT2D eigenvalue weighted by Gasteiger charge is 2.14. The third-order valence-electron chi connectivity index (χ3n) is 3.22. The average Bonchev–Trinajstić information content (AvgIpc) is 2.61. The normalized spacial score (nSPS) is 10.9. The minimum atomic E-state index is -0.530. The van der Waals surface area contributed by atoms with Gasteiger partial charge in [-0.05, 0) is 35.9 Å². The molecule has 0 radical (unpaired) electrons. The number of nitro benzene ring substituents is 1. The summed E-state index contributed by atoms with van der Waals surface area (Å²) >= 11 is 3.28. The Morgan fingerprint density at radius 2 is 1.84 bits per heavy atom. The summed E-state index contributed by atoms with van der Waals surface area (Å²) in [7, 11) is 1.43. The molecule has 25 heavy (non-hydrogen) atoms. The smallest absolute Gasteiger partial charge is 0.270 e. The van der Waals surface area contributed by atoms with Crippen molar-refractivity contribution >= 4 is 39.5 Å². The van der Waals surface area contributed by atoms with Crippen LogP contribution in [0.25, 0.3) is 6.08 Å². The van der Waals surface area contributed by atoms with Crippen LogP contribution in [0.5, 0.6) is 0 Å². The second kappa shape index (κ2) is 8.20. The number of likely N-dealkylation sites (N-methyl/N-ethyl adjacent to an activating group) is 1. The highest BCUT2D eigenvalue weighted by Crippen LogP contribution is 2.16. The number of carbonyl (C=O) groups is 2. The van der Waals surface area contributed by atoms with Gasteiger partial charge in [0.05, 0.1) is 4.92 Å². The van der Waals surface area contributed by atoms with Crippen LogP contribution in [0.4, 0.5) is 5.69 Å². The first-order valence-corrected chi connectivity index (χ1v) is 7.95. The molecular formula is C17H14BrN3O4. The Kier molecular flexibility index (Phi) is 6.02. The minimum absolute atomic E-state index is 0.0177. The molecule has 0 saturated heterocycles. The van der Waals surface area contributed by atoms with Gasteiger partial charge in [-0.3, -0.25) is 19.7 Å². The summed E-state index contributed by atoms with van der Waals surface area (Å²) in [6.07, 6.45) is 1.38. The Hall–Kier alpha value is -3.00. The van der Waals surface area contributed by atoms with E-state index in [1.165, 1.54) is 31.3 Å². The summed E-state index contributed by atoms with van der Waals surface area (Å²) in [5.74, 6) is -0.982. The Bertz CT molecular complexity index is 847. The van der Waals surface area contributed by atoms with Gasteiger partial charge in [0.1, 0.15) is 5.70 Å². The van der Waals surface area contributed by atoms with Crippen LogP contribution in [0.1, 0.15) is 15.9 Å². The van der Waals surface area contributed by atoms with Crippen LogP contribution >= 0.6 is 15.9 Å². The third-order valence-corrected chi connectivity index (χ3v) is 3.75. The number of carbonyl (C=O) groups excluding carboxylic acids is 2. The topological polar surface area (TPSA) is 101 Å². The van der Waals surface area contributed by atoms with Crippen molar-refractivity contribution in [3.63, 3.8) is 0 Å². The van der Waals surface area contributed by atoms with Crippen molar-refractivity contribution in [2.45, 2.75) is 0 Å². The van der Waals surface area contributed by atoms with Crippen molar-refractivity contribution in [1.29, 1.82) is 0 Å². The van der Waals surface area contributed by atoms with Crippen LogP contribution in [0, 0.1) is 10.1 Å². The SMILES string of the molecule is CNC(=O)C(=Cc1cccc([N+](=O)[O-])c1)NC(=O)c1ccc(Br)cc1. The van der Waals surface area contributed by atoms with Gasteiger partial charge in [-0.15, -0.1) is 0 Å². The van der Waals surface area contributed by atoms with E-state index in [4.69, 9.17) is 0 Å². The van der Waals surface area contributed by atoms with Gasteiger partial charge >= 0.3 is 0 Å². The maximum absolute atomic E-state index is 12.3. The zero-order valence-corrected chi connectivity index (χ0v) is 14.7. The first kappa shape index (κ1) is 18.3. The molecule has 2 amide bonds. The molecule has 0 aliphatic rings. The average molecular weight is 404 g/mol. The summed E-state index contributed by atoms with van der Waals surface area (Å²) in [5, 5.41) is 15.8. The third kappa shape index (κ3) is 4.98. The number of amides is 2. The summed E-state index contributed by atoms with van der Waals surface area (Å²) in [6.45, 7) is 0.